The van der Waals surface area contributed by atoms with Crippen LogP contribution in [0, 0.1) is 0 Å². The Kier molecular flexibility index (Phi) is 2.90. The van der Waals surface area contributed by atoms with Crippen molar-refractivity contribution in [2.24, 2.45) is 0 Å². The quantitative estimate of drug-likeness (QED) is 0.392. The molecule has 2 aliphatic rings. The largest absolute Gasteiger partial charge is 0.392 e. The fraction of sp³-hybridized carbons (Fsp3) is 0.111. The van der Waals surface area contributed by atoms with Gasteiger partial charge in [-0.2, -0.15) is 0 Å². The number of hydrogen-bond acceptors (Lipinski definition) is 6. The van der Waals surface area contributed by atoms with Crippen molar-refractivity contribution in [1.82, 2.24) is 0 Å². The molecule has 0 atom stereocenters. The second-order valence-corrected chi connectivity index (χ2v) is 5.76. The predicted molar refractivity (Wildman–Crippen MR) is 88.6 cm³/mol. The molecule has 0 heterocycles. The zero-order valence-electron chi connectivity index (χ0n) is 12.3. The molecule has 6 heteroatoms. The molecule has 0 fully saturated rings. The average molecular weight is 322 g/mol. The van der Waals surface area contributed by atoms with E-state index in [9.17, 15) is 29.4 Å². The maximum atomic E-state index is 12.4. The molecule has 0 saturated heterocycles. The van der Waals surface area contributed by atoms with Gasteiger partial charge in [-0.05, 0) is 35.4 Å². The van der Waals surface area contributed by atoms with E-state index in [4.69, 9.17) is 0 Å². The highest BCUT2D eigenvalue weighted by atomic mass is 16.3. The van der Waals surface area contributed by atoms with E-state index in [-0.39, 0.29) is 43.8 Å². The summed E-state index contributed by atoms with van der Waals surface area (Å²) in [6.07, 6.45) is 0. The lowest BCUT2D eigenvalue weighted by molar-refractivity contribution is 0.282. The molecular weight excluding hydrogens is 312 g/mol. The summed E-state index contributed by atoms with van der Waals surface area (Å²) < 4.78 is 0. The van der Waals surface area contributed by atoms with Gasteiger partial charge in [0.05, 0.1) is 13.2 Å². The highest BCUT2D eigenvalue weighted by Crippen LogP contribution is 2.35. The van der Waals surface area contributed by atoms with Crippen LogP contribution in [0.4, 0.5) is 0 Å². The van der Waals surface area contributed by atoms with Gasteiger partial charge in [0, 0.05) is 32.7 Å². The monoisotopic (exact) mass is 322 g/mol. The lowest BCUT2D eigenvalue weighted by Crippen LogP contribution is -2.31. The first-order valence-corrected chi connectivity index (χ1v) is 7.22. The SMILES string of the molecule is O=c1c(=O)c2cc(CO)cc3c2-c2c1cc(CO)cc2c(=O)c3=O. The predicted octanol–water partition coefficient (Wildman–Crippen LogP) is -0.163. The first-order valence-electron chi connectivity index (χ1n) is 7.22. The van der Waals surface area contributed by atoms with Gasteiger partial charge >= 0.3 is 0 Å². The van der Waals surface area contributed by atoms with E-state index < -0.39 is 34.9 Å². The maximum absolute atomic E-state index is 12.4. The molecule has 2 aliphatic carbocycles. The van der Waals surface area contributed by atoms with Crippen LogP contribution in [-0.2, 0) is 13.2 Å². The van der Waals surface area contributed by atoms with E-state index in [0.717, 1.165) is 0 Å². The molecule has 4 rings (SSSR count). The van der Waals surface area contributed by atoms with Crippen LogP contribution in [0.15, 0.2) is 43.4 Å². The molecule has 2 N–H and O–H groups in total. The molecule has 6 nitrogen and oxygen atoms in total. The van der Waals surface area contributed by atoms with Crippen LogP contribution >= 0.6 is 0 Å². The summed E-state index contributed by atoms with van der Waals surface area (Å²) in [5.74, 6) is 0. The highest BCUT2D eigenvalue weighted by Gasteiger charge is 2.25. The van der Waals surface area contributed by atoms with Crippen molar-refractivity contribution in [3.05, 3.63) is 76.3 Å². The highest BCUT2D eigenvalue weighted by molar-refractivity contribution is 6.11. The summed E-state index contributed by atoms with van der Waals surface area (Å²) in [7, 11) is 0. The van der Waals surface area contributed by atoms with Gasteiger partial charge in [0.15, 0.2) is 0 Å². The molecule has 0 unspecified atom stereocenters. The average Bonchev–Trinajstić information content (AvgIpc) is 2.61. The molecule has 24 heavy (non-hydrogen) atoms. The molecule has 0 aromatic heterocycles. The topological polar surface area (TPSA) is 109 Å². The van der Waals surface area contributed by atoms with Crippen LogP contribution in [0.25, 0.3) is 32.7 Å². The minimum Gasteiger partial charge on any atom is -0.392 e. The molecule has 2 aromatic carbocycles. The van der Waals surface area contributed by atoms with E-state index in [1.54, 1.807) is 0 Å². The van der Waals surface area contributed by atoms with E-state index in [1.807, 2.05) is 0 Å². The number of aliphatic hydroxyl groups is 2. The first kappa shape index (κ1) is 14.6. The minimum absolute atomic E-state index is 0.0212. The summed E-state index contributed by atoms with van der Waals surface area (Å²) in [4.78, 5) is 49.7. The Balaban J connectivity index is 2.49. The van der Waals surface area contributed by atoms with Gasteiger partial charge < -0.3 is 10.2 Å². The van der Waals surface area contributed by atoms with Crippen LogP contribution in [-0.4, -0.2) is 10.2 Å². The van der Waals surface area contributed by atoms with Crippen molar-refractivity contribution >= 4 is 21.5 Å². The summed E-state index contributed by atoms with van der Waals surface area (Å²) in [5, 5.41) is 18.7. The summed E-state index contributed by atoms with van der Waals surface area (Å²) in [6.45, 7) is -0.848. The van der Waals surface area contributed by atoms with Crippen molar-refractivity contribution in [3.63, 3.8) is 0 Å². The van der Waals surface area contributed by atoms with Gasteiger partial charge in [-0.25, -0.2) is 0 Å². The number of rotatable bonds is 2. The van der Waals surface area contributed by atoms with Gasteiger partial charge in [0.25, 0.3) is 0 Å². The Hall–Kier alpha value is -2.96. The Labute approximate surface area is 133 Å². The van der Waals surface area contributed by atoms with Gasteiger partial charge in [-0.1, -0.05) is 0 Å². The molecule has 0 spiro atoms. The standard InChI is InChI=1S/C18H10O6/c19-5-7-1-9-13-10(2-7)17(23)18(24)12-4-8(6-20)3-11(14(12)13)16(22)15(9)21/h1-4,19-20H,5-6H2. The van der Waals surface area contributed by atoms with Crippen LogP contribution < -0.4 is 21.7 Å². The fourth-order valence-electron chi connectivity index (χ4n) is 3.33. The van der Waals surface area contributed by atoms with E-state index in [0.29, 0.717) is 0 Å². The normalized spacial score (nSPS) is 11.9. The van der Waals surface area contributed by atoms with Crippen LogP contribution in [0.1, 0.15) is 11.1 Å². The molecule has 0 aliphatic heterocycles. The smallest absolute Gasteiger partial charge is 0.234 e. The molecule has 0 amide bonds. The molecule has 0 radical (unpaired) electrons. The lowest BCUT2D eigenvalue weighted by Gasteiger charge is -2.16. The second kappa shape index (κ2) is 4.77. The second-order valence-electron chi connectivity index (χ2n) is 5.76. The molecule has 0 saturated carbocycles. The molecular formula is C18H10O6. The maximum Gasteiger partial charge on any atom is 0.234 e. The molecule has 118 valence electrons. The van der Waals surface area contributed by atoms with Crippen molar-refractivity contribution in [2.45, 2.75) is 13.2 Å². The van der Waals surface area contributed by atoms with Crippen LogP contribution in [0.5, 0.6) is 0 Å². The first-order chi connectivity index (χ1) is 11.5. The summed E-state index contributed by atoms with van der Waals surface area (Å²) in [5.41, 5.74) is -2.09. The summed E-state index contributed by atoms with van der Waals surface area (Å²) in [6, 6.07) is 5.48. The van der Waals surface area contributed by atoms with Crippen LogP contribution in [0.2, 0.25) is 0 Å². The zero-order chi connectivity index (χ0) is 17.2. The van der Waals surface area contributed by atoms with Gasteiger partial charge in [0.2, 0.25) is 21.7 Å². The third kappa shape index (κ3) is 1.66. The van der Waals surface area contributed by atoms with E-state index >= 15 is 0 Å². The minimum atomic E-state index is -0.794. The van der Waals surface area contributed by atoms with E-state index in [1.165, 1.54) is 24.3 Å². The van der Waals surface area contributed by atoms with Gasteiger partial charge in [-0.15, -0.1) is 0 Å². The van der Waals surface area contributed by atoms with Crippen molar-refractivity contribution in [1.29, 1.82) is 0 Å². The molecule has 2 aromatic rings. The van der Waals surface area contributed by atoms with Crippen molar-refractivity contribution in [3.8, 4) is 11.1 Å². The molecule has 0 bridgehead atoms. The Morgan fingerprint density at radius 1 is 0.542 bits per heavy atom. The Bertz CT molecular complexity index is 1100. The summed E-state index contributed by atoms with van der Waals surface area (Å²) >= 11 is 0. The Morgan fingerprint density at radius 3 is 1.00 bits per heavy atom. The zero-order valence-corrected chi connectivity index (χ0v) is 12.3. The number of aliphatic hydroxyl groups excluding tert-OH is 2. The fourth-order valence-corrected chi connectivity index (χ4v) is 3.33. The van der Waals surface area contributed by atoms with Gasteiger partial charge in [0.1, 0.15) is 0 Å². The van der Waals surface area contributed by atoms with Crippen molar-refractivity contribution < 1.29 is 10.2 Å². The van der Waals surface area contributed by atoms with Crippen LogP contribution in [0.3, 0.4) is 0 Å². The Morgan fingerprint density at radius 2 is 0.792 bits per heavy atom. The van der Waals surface area contributed by atoms with Crippen molar-refractivity contribution in [2.75, 3.05) is 0 Å². The number of benzene rings is 4. The lowest BCUT2D eigenvalue weighted by atomic mass is 9.85. The third-order valence-electron chi connectivity index (χ3n) is 4.40. The number of hydrogen-bond donors (Lipinski definition) is 2. The third-order valence-corrected chi connectivity index (χ3v) is 4.40. The van der Waals surface area contributed by atoms with Gasteiger partial charge in [-0.3, -0.25) is 19.2 Å². The van der Waals surface area contributed by atoms with E-state index in [2.05, 4.69) is 0 Å².